The molecule has 0 aromatic heterocycles. The second-order valence-corrected chi connectivity index (χ2v) is 5.11. The highest BCUT2D eigenvalue weighted by Crippen LogP contribution is 2.14. The van der Waals surface area contributed by atoms with Crippen LogP contribution < -0.4 is 5.32 Å². The molecule has 1 aliphatic rings. The summed E-state index contributed by atoms with van der Waals surface area (Å²) in [4.78, 5) is 2.63. The first-order chi connectivity index (χ1) is 6.77. The molecular formula is C11H24N2S. The normalized spacial score (nSPS) is 26.4. The molecule has 0 aliphatic carbocycles. The predicted octanol–water partition coefficient (Wildman–Crippen LogP) is 1.81. The topological polar surface area (TPSA) is 15.3 Å². The summed E-state index contributed by atoms with van der Waals surface area (Å²) in [7, 11) is 0. The molecule has 1 rings (SSSR count). The van der Waals surface area contributed by atoms with Crippen LogP contribution in [0.3, 0.4) is 0 Å². The summed E-state index contributed by atoms with van der Waals surface area (Å²) in [6.45, 7) is 8.20. The molecule has 2 nitrogen and oxygen atoms in total. The van der Waals surface area contributed by atoms with Crippen LogP contribution in [0.5, 0.6) is 0 Å². The molecule has 0 bridgehead atoms. The highest BCUT2D eigenvalue weighted by molar-refractivity contribution is 7.98. The molecule has 0 amide bonds. The highest BCUT2D eigenvalue weighted by atomic mass is 32.2. The van der Waals surface area contributed by atoms with E-state index in [4.69, 9.17) is 0 Å². The summed E-state index contributed by atoms with van der Waals surface area (Å²) in [5.74, 6) is 1.26. The Kier molecular flexibility index (Phi) is 5.90. The van der Waals surface area contributed by atoms with Crippen molar-refractivity contribution in [3.8, 4) is 0 Å². The molecule has 2 unspecified atom stereocenters. The third-order valence-electron chi connectivity index (χ3n) is 2.98. The number of nitrogens with zero attached hydrogens (tertiary/aromatic N) is 1. The molecule has 0 saturated carbocycles. The molecule has 1 fully saturated rings. The molecular weight excluding hydrogens is 192 g/mol. The third-order valence-corrected chi connectivity index (χ3v) is 3.79. The molecule has 0 spiro atoms. The summed E-state index contributed by atoms with van der Waals surface area (Å²) < 4.78 is 0. The lowest BCUT2D eigenvalue weighted by atomic mass is 10.0. The minimum absolute atomic E-state index is 0.734. The van der Waals surface area contributed by atoms with Crippen LogP contribution in [0.15, 0.2) is 0 Å². The van der Waals surface area contributed by atoms with Crippen molar-refractivity contribution in [2.45, 2.75) is 38.8 Å². The van der Waals surface area contributed by atoms with Crippen LogP contribution in [-0.4, -0.2) is 48.6 Å². The van der Waals surface area contributed by atoms with E-state index in [2.05, 4.69) is 30.3 Å². The summed E-state index contributed by atoms with van der Waals surface area (Å²) in [5, 5.41) is 3.56. The van der Waals surface area contributed by atoms with Crippen LogP contribution >= 0.6 is 11.8 Å². The van der Waals surface area contributed by atoms with Gasteiger partial charge in [-0.05, 0) is 39.1 Å². The molecule has 14 heavy (non-hydrogen) atoms. The summed E-state index contributed by atoms with van der Waals surface area (Å²) >= 11 is 1.96. The molecule has 1 heterocycles. The Bertz CT molecular complexity index is 146. The maximum Gasteiger partial charge on any atom is 0.0195 e. The molecule has 1 aliphatic heterocycles. The van der Waals surface area contributed by atoms with Gasteiger partial charge in [-0.25, -0.2) is 0 Å². The summed E-state index contributed by atoms with van der Waals surface area (Å²) in [6, 6.07) is 1.48. The maximum absolute atomic E-state index is 3.56. The number of likely N-dealkylation sites (N-methyl/N-ethyl adjacent to an activating group) is 1. The third kappa shape index (κ3) is 3.79. The Morgan fingerprint density at radius 3 is 3.00 bits per heavy atom. The van der Waals surface area contributed by atoms with Crippen LogP contribution in [0.1, 0.15) is 26.7 Å². The second-order valence-electron chi connectivity index (χ2n) is 4.20. The number of likely N-dealkylation sites (tertiary alicyclic amines) is 1. The zero-order chi connectivity index (χ0) is 10.4. The Hall–Kier alpha value is 0.270. The van der Waals surface area contributed by atoms with Crippen LogP contribution in [0, 0.1) is 0 Å². The number of hydrogen-bond acceptors (Lipinski definition) is 3. The van der Waals surface area contributed by atoms with Crippen molar-refractivity contribution in [1.29, 1.82) is 0 Å². The molecule has 0 aromatic rings. The average molecular weight is 216 g/mol. The van der Waals surface area contributed by atoms with E-state index in [9.17, 15) is 0 Å². The minimum Gasteiger partial charge on any atom is -0.313 e. The van der Waals surface area contributed by atoms with Gasteiger partial charge in [0.05, 0.1) is 0 Å². The molecule has 84 valence electrons. The molecule has 3 heteroatoms. The number of nitrogens with one attached hydrogen (secondary N) is 1. The number of thioether (sulfide) groups is 1. The van der Waals surface area contributed by atoms with Crippen molar-refractivity contribution in [3.63, 3.8) is 0 Å². The maximum atomic E-state index is 3.56. The van der Waals surface area contributed by atoms with Gasteiger partial charge in [0.25, 0.3) is 0 Å². The second kappa shape index (κ2) is 6.70. The van der Waals surface area contributed by atoms with Gasteiger partial charge in [0.15, 0.2) is 0 Å². The zero-order valence-electron chi connectivity index (χ0n) is 9.75. The number of hydrogen-bond donors (Lipinski definition) is 1. The smallest absolute Gasteiger partial charge is 0.0195 e. The Morgan fingerprint density at radius 1 is 1.57 bits per heavy atom. The Labute approximate surface area is 92.8 Å². The predicted molar refractivity (Wildman–Crippen MR) is 66.1 cm³/mol. The summed E-state index contributed by atoms with van der Waals surface area (Å²) in [5.41, 5.74) is 0. The molecule has 0 aromatic carbocycles. The monoisotopic (exact) mass is 216 g/mol. The molecule has 1 saturated heterocycles. The fourth-order valence-electron chi connectivity index (χ4n) is 2.21. The first-order valence-electron chi connectivity index (χ1n) is 5.74. The van der Waals surface area contributed by atoms with Gasteiger partial charge < -0.3 is 5.32 Å². The number of piperidine rings is 1. The van der Waals surface area contributed by atoms with Crippen LogP contribution in [0.4, 0.5) is 0 Å². The van der Waals surface area contributed by atoms with E-state index in [-0.39, 0.29) is 0 Å². The van der Waals surface area contributed by atoms with E-state index >= 15 is 0 Å². The minimum atomic E-state index is 0.734. The number of rotatable bonds is 5. The average Bonchev–Trinajstić information content (AvgIpc) is 2.19. The zero-order valence-corrected chi connectivity index (χ0v) is 10.6. The SMILES string of the molecule is CCNC1CCCN(C(C)CSC)C1. The van der Waals surface area contributed by atoms with Crippen LogP contribution in [-0.2, 0) is 0 Å². The summed E-state index contributed by atoms with van der Waals surface area (Å²) in [6.07, 6.45) is 4.91. The van der Waals surface area contributed by atoms with Crippen LogP contribution in [0.25, 0.3) is 0 Å². The van der Waals surface area contributed by atoms with E-state index < -0.39 is 0 Å². The van der Waals surface area contributed by atoms with Gasteiger partial charge in [-0.1, -0.05) is 6.92 Å². The lowest BCUT2D eigenvalue weighted by Crippen LogP contribution is -2.49. The first-order valence-corrected chi connectivity index (χ1v) is 7.13. The van der Waals surface area contributed by atoms with Crippen molar-refractivity contribution < 1.29 is 0 Å². The van der Waals surface area contributed by atoms with Crippen molar-refractivity contribution in [2.24, 2.45) is 0 Å². The van der Waals surface area contributed by atoms with Crippen LogP contribution in [0.2, 0.25) is 0 Å². The van der Waals surface area contributed by atoms with Gasteiger partial charge in [-0.2, -0.15) is 11.8 Å². The van der Waals surface area contributed by atoms with Gasteiger partial charge >= 0.3 is 0 Å². The Balaban J connectivity index is 2.31. The van der Waals surface area contributed by atoms with Gasteiger partial charge in [-0.3, -0.25) is 4.90 Å². The van der Waals surface area contributed by atoms with Crippen molar-refractivity contribution in [1.82, 2.24) is 10.2 Å². The molecule has 1 N–H and O–H groups in total. The van der Waals surface area contributed by atoms with Crippen molar-refractivity contribution in [3.05, 3.63) is 0 Å². The quantitative estimate of drug-likeness (QED) is 0.754. The lowest BCUT2D eigenvalue weighted by Gasteiger charge is -2.36. The van der Waals surface area contributed by atoms with E-state index in [1.807, 2.05) is 11.8 Å². The van der Waals surface area contributed by atoms with Crippen molar-refractivity contribution in [2.75, 3.05) is 31.6 Å². The molecule has 0 radical (unpaired) electrons. The Morgan fingerprint density at radius 2 is 2.36 bits per heavy atom. The van der Waals surface area contributed by atoms with Gasteiger partial charge in [0, 0.05) is 24.4 Å². The highest BCUT2D eigenvalue weighted by Gasteiger charge is 2.22. The van der Waals surface area contributed by atoms with E-state index in [0.717, 1.165) is 18.6 Å². The standard InChI is InChI=1S/C11H24N2S/c1-4-12-11-6-5-7-13(8-11)10(2)9-14-3/h10-12H,4-9H2,1-3H3. The van der Waals surface area contributed by atoms with Gasteiger partial charge in [0.2, 0.25) is 0 Å². The lowest BCUT2D eigenvalue weighted by molar-refractivity contribution is 0.158. The van der Waals surface area contributed by atoms with Gasteiger partial charge in [0.1, 0.15) is 0 Å². The fraction of sp³-hybridized carbons (Fsp3) is 1.00. The first kappa shape index (κ1) is 12.3. The van der Waals surface area contributed by atoms with Crippen molar-refractivity contribution >= 4 is 11.8 Å². The van der Waals surface area contributed by atoms with E-state index in [0.29, 0.717) is 0 Å². The van der Waals surface area contributed by atoms with E-state index in [1.54, 1.807) is 0 Å². The van der Waals surface area contributed by atoms with Gasteiger partial charge in [-0.15, -0.1) is 0 Å². The van der Waals surface area contributed by atoms with E-state index in [1.165, 1.54) is 31.7 Å². The largest absolute Gasteiger partial charge is 0.313 e. The molecule has 2 atom stereocenters. The fourth-order valence-corrected chi connectivity index (χ4v) is 2.90.